The van der Waals surface area contributed by atoms with Crippen LogP contribution in [0.5, 0.6) is 0 Å². The van der Waals surface area contributed by atoms with Crippen LogP contribution in [-0.4, -0.2) is 82.0 Å². The number of nitrogens with one attached hydrogen (secondary N) is 1. The molecule has 3 fully saturated rings. The SMILES string of the molecule is C[C@@H](O)[C@H]1C(=O)N2C(C(=O)O)=C(SC3CN(C[C@@H]4CCNC4)C3)[C@H](C)[C@H]12. The van der Waals surface area contributed by atoms with E-state index >= 15 is 0 Å². The van der Waals surface area contributed by atoms with Gasteiger partial charge in [0.05, 0.1) is 18.1 Å². The van der Waals surface area contributed by atoms with Crippen molar-refractivity contribution in [2.75, 3.05) is 32.7 Å². The number of amides is 1. The molecule has 3 saturated heterocycles. The van der Waals surface area contributed by atoms with Gasteiger partial charge in [-0.25, -0.2) is 4.79 Å². The predicted molar refractivity (Wildman–Crippen MR) is 98.4 cm³/mol. The molecule has 1 amide bonds. The van der Waals surface area contributed by atoms with E-state index < -0.39 is 18.0 Å². The van der Waals surface area contributed by atoms with E-state index in [1.807, 2.05) is 6.92 Å². The van der Waals surface area contributed by atoms with E-state index in [4.69, 9.17) is 0 Å². The Morgan fingerprint density at radius 1 is 1.42 bits per heavy atom. The van der Waals surface area contributed by atoms with Crippen molar-refractivity contribution in [2.45, 2.75) is 37.7 Å². The average Bonchev–Trinajstić information content (AvgIpc) is 3.11. The topological polar surface area (TPSA) is 93.1 Å². The lowest BCUT2D eigenvalue weighted by Gasteiger charge is -2.46. The lowest BCUT2D eigenvalue weighted by molar-refractivity contribution is -0.163. The molecule has 0 aliphatic carbocycles. The van der Waals surface area contributed by atoms with Gasteiger partial charge >= 0.3 is 5.97 Å². The summed E-state index contributed by atoms with van der Waals surface area (Å²) in [7, 11) is 0. The zero-order chi connectivity index (χ0) is 18.6. The number of thioether (sulfide) groups is 1. The second kappa shape index (κ2) is 6.82. The lowest BCUT2D eigenvalue weighted by atomic mass is 9.79. The molecular weight excluding hydrogens is 354 g/mol. The average molecular weight is 381 g/mol. The maximum atomic E-state index is 12.4. The van der Waals surface area contributed by atoms with Crippen LogP contribution in [0, 0.1) is 17.8 Å². The molecule has 144 valence electrons. The third-order valence-electron chi connectivity index (χ3n) is 6.21. The van der Waals surface area contributed by atoms with Gasteiger partial charge in [0, 0.05) is 35.7 Å². The van der Waals surface area contributed by atoms with Crippen LogP contribution in [0.15, 0.2) is 10.6 Å². The second-order valence-corrected chi connectivity index (χ2v) is 9.43. The maximum Gasteiger partial charge on any atom is 0.353 e. The minimum Gasteiger partial charge on any atom is -0.477 e. The van der Waals surface area contributed by atoms with E-state index in [1.165, 1.54) is 11.3 Å². The molecule has 4 aliphatic rings. The Labute approximate surface area is 157 Å². The Balaban J connectivity index is 1.41. The van der Waals surface area contributed by atoms with Gasteiger partial charge in [-0.05, 0) is 32.4 Å². The van der Waals surface area contributed by atoms with E-state index in [9.17, 15) is 19.8 Å². The van der Waals surface area contributed by atoms with Crippen molar-refractivity contribution >= 4 is 23.6 Å². The normalized spacial score (nSPS) is 36.1. The van der Waals surface area contributed by atoms with Gasteiger partial charge in [0.15, 0.2) is 0 Å². The molecule has 0 saturated carbocycles. The van der Waals surface area contributed by atoms with E-state index in [0.29, 0.717) is 5.25 Å². The fraction of sp³-hybridized carbons (Fsp3) is 0.778. The van der Waals surface area contributed by atoms with Crippen LogP contribution >= 0.6 is 11.8 Å². The molecule has 4 heterocycles. The number of β-lactam (4-membered cyclic amide) rings is 1. The van der Waals surface area contributed by atoms with Crippen LogP contribution < -0.4 is 5.32 Å². The van der Waals surface area contributed by atoms with Crippen molar-refractivity contribution in [3.05, 3.63) is 10.6 Å². The van der Waals surface area contributed by atoms with Crippen molar-refractivity contribution in [3.63, 3.8) is 0 Å². The van der Waals surface area contributed by atoms with Gasteiger partial charge in [0.1, 0.15) is 5.70 Å². The maximum absolute atomic E-state index is 12.4. The number of aliphatic carboxylic acids is 1. The number of rotatable bonds is 6. The first-order valence-corrected chi connectivity index (χ1v) is 10.3. The minimum absolute atomic E-state index is 0.0310. The number of hydrogen-bond donors (Lipinski definition) is 3. The molecule has 4 rings (SSSR count). The van der Waals surface area contributed by atoms with E-state index in [2.05, 4.69) is 10.2 Å². The Morgan fingerprint density at radius 3 is 2.73 bits per heavy atom. The van der Waals surface area contributed by atoms with Crippen LogP contribution in [0.3, 0.4) is 0 Å². The van der Waals surface area contributed by atoms with Gasteiger partial charge in [-0.3, -0.25) is 4.79 Å². The summed E-state index contributed by atoms with van der Waals surface area (Å²) in [6.07, 6.45) is 0.490. The first kappa shape index (κ1) is 18.3. The molecule has 5 atom stereocenters. The van der Waals surface area contributed by atoms with E-state index in [0.717, 1.165) is 43.5 Å². The Kier molecular flexibility index (Phi) is 4.79. The second-order valence-electron chi connectivity index (χ2n) is 8.09. The molecule has 0 radical (unpaired) electrons. The highest BCUT2D eigenvalue weighted by atomic mass is 32.2. The van der Waals surface area contributed by atoms with Crippen molar-refractivity contribution < 1.29 is 19.8 Å². The van der Waals surface area contributed by atoms with Crippen LogP contribution in [0.4, 0.5) is 0 Å². The zero-order valence-electron chi connectivity index (χ0n) is 15.2. The van der Waals surface area contributed by atoms with Crippen LogP contribution in [0.25, 0.3) is 0 Å². The molecule has 7 nitrogen and oxygen atoms in total. The number of carboxylic acids is 1. The third kappa shape index (κ3) is 2.87. The standard InChI is InChI=1S/C18H27N3O4S/c1-9-14-13(10(2)22)17(23)21(14)15(18(24)25)16(9)26-12-7-20(8-12)6-11-3-4-19-5-11/h9-14,19,22H,3-8H2,1-2H3,(H,24,25)/t9-,10-,11-,13-,14-/m1/s1. The highest BCUT2D eigenvalue weighted by Gasteiger charge is 2.60. The summed E-state index contributed by atoms with van der Waals surface area (Å²) < 4.78 is 0. The monoisotopic (exact) mass is 381 g/mol. The number of carbonyl (C=O) groups excluding carboxylic acids is 1. The van der Waals surface area contributed by atoms with Crippen molar-refractivity contribution in [1.29, 1.82) is 0 Å². The van der Waals surface area contributed by atoms with Gasteiger partial charge in [0.2, 0.25) is 5.91 Å². The predicted octanol–water partition coefficient (Wildman–Crippen LogP) is 0.167. The molecule has 0 spiro atoms. The largest absolute Gasteiger partial charge is 0.477 e. The first-order chi connectivity index (χ1) is 12.4. The van der Waals surface area contributed by atoms with Gasteiger partial charge in [-0.1, -0.05) is 6.92 Å². The number of likely N-dealkylation sites (tertiary alicyclic amines) is 1. The summed E-state index contributed by atoms with van der Waals surface area (Å²) in [5.74, 6) is -1.07. The van der Waals surface area contributed by atoms with Crippen molar-refractivity contribution in [1.82, 2.24) is 15.1 Å². The Morgan fingerprint density at radius 2 is 2.15 bits per heavy atom. The molecule has 4 aliphatic heterocycles. The molecular formula is C18H27N3O4S. The molecule has 0 unspecified atom stereocenters. The number of carboxylic acid groups (broad SMARTS) is 1. The molecule has 26 heavy (non-hydrogen) atoms. The van der Waals surface area contributed by atoms with Gasteiger partial charge in [-0.15, -0.1) is 11.8 Å². The fourth-order valence-electron chi connectivity index (χ4n) is 4.84. The highest BCUT2D eigenvalue weighted by Crippen LogP contribution is 2.51. The van der Waals surface area contributed by atoms with Gasteiger partial charge in [0.25, 0.3) is 0 Å². The smallest absolute Gasteiger partial charge is 0.353 e. The van der Waals surface area contributed by atoms with Crippen LogP contribution in [-0.2, 0) is 9.59 Å². The number of hydrogen-bond acceptors (Lipinski definition) is 6. The molecule has 0 bridgehead atoms. The molecule has 8 heteroatoms. The summed E-state index contributed by atoms with van der Waals surface area (Å²) in [6.45, 7) is 8.86. The van der Waals surface area contributed by atoms with Crippen molar-refractivity contribution in [2.24, 2.45) is 17.8 Å². The minimum atomic E-state index is -1.03. The van der Waals surface area contributed by atoms with Crippen molar-refractivity contribution in [3.8, 4) is 0 Å². The first-order valence-electron chi connectivity index (χ1n) is 9.46. The summed E-state index contributed by atoms with van der Waals surface area (Å²) in [4.78, 5) is 28.8. The van der Waals surface area contributed by atoms with Crippen LogP contribution in [0.2, 0.25) is 0 Å². The van der Waals surface area contributed by atoms with Crippen LogP contribution in [0.1, 0.15) is 20.3 Å². The zero-order valence-corrected chi connectivity index (χ0v) is 16.0. The lowest BCUT2D eigenvalue weighted by Crippen LogP contribution is -2.63. The van der Waals surface area contributed by atoms with E-state index in [-0.39, 0.29) is 23.6 Å². The summed E-state index contributed by atoms with van der Waals surface area (Å²) in [6, 6.07) is -0.211. The molecule has 0 aromatic carbocycles. The number of aliphatic hydroxyl groups is 1. The number of carbonyl (C=O) groups is 2. The van der Waals surface area contributed by atoms with Gasteiger partial charge < -0.3 is 25.3 Å². The fourth-order valence-corrected chi connectivity index (χ4v) is 6.42. The number of fused-ring (bicyclic) bond motifs is 1. The van der Waals surface area contributed by atoms with Gasteiger partial charge in [-0.2, -0.15) is 0 Å². The quantitative estimate of drug-likeness (QED) is 0.565. The number of nitrogens with zero attached hydrogens (tertiary/aromatic N) is 2. The molecule has 0 aromatic heterocycles. The molecule has 0 aromatic rings. The Hall–Kier alpha value is -1.09. The van der Waals surface area contributed by atoms with E-state index in [1.54, 1.807) is 18.7 Å². The summed E-state index contributed by atoms with van der Waals surface area (Å²) in [5.41, 5.74) is 0.146. The highest BCUT2D eigenvalue weighted by molar-refractivity contribution is 8.03. The summed E-state index contributed by atoms with van der Waals surface area (Å²) >= 11 is 1.63. The Bertz CT molecular complexity index is 640. The summed E-state index contributed by atoms with van der Waals surface area (Å²) in [5, 5.41) is 23.3. The third-order valence-corrected chi connectivity index (χ3v) is 7.66. The number of aliphatic hydroxyl groups excluding tert-OH is 1. The molecule has 3 N–H and O–H groups in total.